The summed E-state index contributed by atoms with van der Waals surface area (Å²) in [7, 11) is -3.69. The highest BCUT2D eigenvalue weighted by atomic mass is 32.2. The zero-order valence-electron chi connectivity index (χ0n) is 9.91. The standard InChI is InChI=1S/C11H10N4O3S/c1-7-4-11(14-18-7)15-19(16,17)8-2-3-9-10(5-8)13-6-12-9/h2-6H,1H3,(H,12,13)(H,14,15). The average molecular weight is 278 g/mol. The van der Waals surface area contributed by atoms with Crippen molar-refractivity contribution in [2.75, 3.05) is 4.72 Å². The molecular weight excluding hydrogens is 268 g/mol. The van der Waals surface area contributed by atoms with Crippen LogP contribution in [0.1, 0.15) is 5.76 Å². The van der Waals surface area contributed by atoms with Gasteiger partial charge in [0.2, 0.25) is 0 Å². The Bertz CT molecular complexity index is 834. The number of hydrogen-bond donors (Lipinski definition) is 2. The Kier molecular flexibility index (Phi) is 2.53. The van der Waals surface area contributed by atoms with Crippen LogP contribution in [0.3, 0.4) is 0 Å². The van der Waals surface area contributed by atoms with Gasteiger partial charge in [-0.3, -0.25) is 4.72 Å². The molecule has 0 amide bonds. The van der Waals surface area contributed by atoms with E-state index in [9.17, 15) is 8.42 Å². The van der Waals surface area contributed by atoms with Crippen LogP contribution in [-0.4, -0.2) is 23.5 Å². The fraction of sp³-hybridized carbons (Fsp3) is 0.0909. The second-order valence-corrected chi connectivity index (χ2v) is 5.69. The van der Waals surface area contributed by atoms with E-state index in [-0.39, 0.29) is 10.7 Å². The number of aryl methyl sites for hydroxylation is 1. The minimum atomic E-state index is -3.69. The summed E-state index contributed by atoms with van der Waals surface area (Å²) >= 11 is 0. The van der Waals surface area contributed by atoms with E-state index in [1.54, 1.807) is 13.0 Å². The number of hydrogen-bond acceptors (Lipinski definition) is 5. The largest absolute Gasteiger partial charge is 0.360 e. The summed E-state index contributed by atoms with van der Waals surface area (Å²) in [4.78, 5) is 7.02. The van der Waals surface area contributed by atoms with Crippen molar-refractivity contribution in [2.24, 2.45) is 0 Å². The van der Waals surface area contributed by atoms with Gasteiger partial charge in [0, 0.05) is 6.07 Å². The van der Waals surface area contributed by atoms with Crippen molar-refractivity contribution in [3.05, 3.63) is 36.4 Å². The smallest absolute Gasteiger partial charge is 0.263 e. The first-order valence-corrected chi connectivity index (χ1v) is 6.92. The second-order valence-electron chi connectivity index (χ2n) is 4.01. The normalized spacial score (nSPS) is 11.8. The summed E-state index contributed by atoms with van der Waals surface area (Å²) in [6, 6.07) is 6.14. The van der Waals surface area contributed by atoms with Crippen LogP contribution in [0, 0.1) is 6.92 Å². The molecule has 0 aliphatic carbocycles. The van der Waals surface area contributed by atoms with Gasteiger partial charge in [0.1, 0.15) is 5.76 Å². The van der Waals surface area contributed by atoms with Crippen molar-refractivity contribution in [1.29, 1.82) is 0 Å². The molecule has 0 aliphatic heterocycles. The maximum Gasteiger partial charge on any atom is 0.263 e. The van der Waals surface area contributed by atoms with Crippen LogP contribution in [0.2, 0.25) is 0 Å². The summed E-state index contributed by atoms with van der Waals surface area (Å²) in [5, 5.41) is 3.59. The molecule has 3 rings (SSSR count). The van der Waals surface area contributed by atoms with Crippen molar-refractivity contribution in [3.8, 4) is 0 Å². The first-order valence-electron chi connectivity index (χ1n) is 5.44. The summed E-state index contributed by atoms with van der Waals surface area (Å²) < 4.78 is 31.5. The van der Waals surface area contributed by atoms with Crippen molar-refractivity contribution in [2.45, 2.75) is 11.8 Å². The lowest BCUT2D eigenvalue weighted by Gasteiger charge is -2.04. The highest BCUT2D eigenvalue weighted by Crippen LogP contribution is 2.19. The fourth-order valence-electron chi connectivity index (χ4n) is 1.69. The Morgan fingerprint density at radius 3 is 2.89 bits per heavy atom. The lowest BCUT2D eigenvalue weighted by atomic mass is 10.3. The number of aromatic amines is 1. The number of H-pyrrole nitrogens is 1. The molecule has 98 valence electrons. The molecule has 8 heteroatoms. The van der Waals surface area contributed by atoms with Crippen LogP contribution in [0.25, 0.3) is 11.0 Å². The van der Waals surface area contributed by atoms with E-state index in [0.29, 0.717) is 16.8 Å². The van der Waals surface area contributed by atoms with Crippen LogP contribution in [0.5, 0.6) is 0 Å². The van der Waals surface area contributed by atoms with Crippen LogP contribution in [0.4, 0.5) is 5.82 Å². The van der Waals surface area contributed by atoms with E-state index >= 15 is 0 Å². The van der Waals surface area contributed by atoms with E-state index in [2.05, 4.69) is 19.8 Å². The van der Waals surface area contributed by atoms with Crippen LogP contribution < -0.4 is 4.72 Å². The zero-order chi connectivity index (χ0) is 13.5. The number of anilines is 1. The van der Waals surface area contributed by atoms with E-state index < -0.39 is 10.0 Å². The molecule has 0 radical (unpaired) electrons. The first kappa shape index (κ1) is 11.7. The fourth-order valence-corrected chi connectivity index (χ4v) is 2.70. The minimum absolute atomic E-state index is 0.130. The molecule has 3 aromatic rings. The van der Waals surface area contributed by atoms with Gasteiger partial charge in [-0.05, 0) is 25.1 Å². The number of sulfonamides is 1. The molecule has 0 saturated heterocycles. The Morgan fingerprint density at radius 2 is 2.16 bits per heavy atom. The molecule has 0 fully saturated rings. The summed E-state index contributed by atoms with van der Waals surface area (Å²) in [5.41, 5.74) is 1.36. The first-order chi connectivity index (χ1) is 9.04. The zero-order valence-corrected chi connectivity index (χ0v) is 10.7. The maximum absolute atomic E-state index is 12.1. The van der Waals surface area contributed by atoms with Crippen molar-refractivity contribution >= 4 is 26.9 Å². The molecule has 2 N–H and O–H groups in total. The predicted octanol–water partition coefficient (Wildman–Crippen LogP) is 1.66. The number of benzene rings is 1. The molecule has 0 spiro atoms. The quantitative estimate of drug-likeness (QED) is 0.758. The second kappa shape index (κ2) is 4.09. The molecule has 0 aliphatic rings. The Morgan fingerprint density at radius 1 is 1.32 bits per heavy atom. The van der Waals surface area contributed by atoms with Crippen LogP contribution in [-0.2, 0) is 10.0 Å². The molecular formula is C11H10N4O3S. The molecule has 19 heavy (non-hydrogen) atoms. The molecule has 0 unspecified atom stereocenters. The van der Waals surface area contributed by atoms with Gasteiger partial charge in [0.25, 0.3) is 10.0 Å². The SMILES string of the molecule is Cc1cc(NS(=O)(=O)c2ccc3nc[nH]c3c2)no1. The van der Waals surface area contributed by atoms with Gasteiger partial charge in [-0.1, -0.05) is 5.16 Å². The van der Waals surface area contributed by atoms with Crippen LogP contribution >= 0.6 is 0 Å². The van der Waals surface area contributed by atoms with E-state index in [4.69, 9.17) is 4.52 Å². The van der Waals surface area contributed by atoms with Gasteiger partial charge < -0.3 is 9.51 Å². The number of nitrogens with zero attached hydrogens (tertiary/aromatic N) is 2. The number of rotatable bonds is 3. The summed E-state index contributed by atoms with van der Waals surface area (Å²) in [5.74, 6) is 0.684. The molecule has 1 aromatic carbocycles. The lowest BCUT2D eigenvalue weighted by Crippen LogP contribution is -2.13. The van der Waals surface area contributed by atoms with Crippen LogP contribution in [0.15, 0.2) is 40.0 Å². The number of imidazole rings is 1. The van der Waals surface area contributed by atoms with Crippen molar-refractivity contribution in [1.82, 2.24) is 15.1 Å². The number of aromatic nitrogens is 3. The van der Waals surface area contributed by atoms with E-state index in [1.807, 2.05) is 0 Å². The van der Waals surface area contributed by atoms with E-state index in [1.165, 1.54) is 24.5 Å². The van der Waals surface area contributed by atoms with E-state index in [0.717, 1.165) is 0 Å². The molecule has 0 bridgehead atoms. The van der Waals surface area contributed by atoms with Gasteiger partial charge in [0.15, 0.2) is 5.82 Å². The van der Waals surface area contributed by atoms with Gasteiger partial charge in [-0.2, -0.15) is 0 Å². The average Bonchev–Trinajstić information content (AvgIpc) is 2.96. The third kappa shape index (κ3) is 2.17. The third-order valence-corrected chi connectivity index (χ3v) is 3.92. The molecule has 0 saturated carbocycles. The van der Waals surface area contributed by atoms with Gasteiger partial charge >= 0.3 is 0 Å². The van der Waals surface area contributed by atoms with Gasteiger partial charge in [-0.15, -0.1) is 0 Å². The maximum atomic E-state index is 12.1. The summed E-state index contributed by atoms with van der Waals surface area (Å²) in [6.45, 7) is 1.68. The summed E-state index contributed by atoms with van der Waals surface area (Å²) in [6.07, 6.45) is 1.51. The molecule has 2 heterocycles. The van der Waals surface area contributed by atoms with Crippen molar-refractivity contribution in [3.63, 3.8) is 0 Å². The topological polar surface area (TPSA) is 101 Å². The monoisotopic (exact) mass is 278 g/mol. The number of nitrogens with one attached hydrogen (secondary N) is 2. The molecule has 2 aromatic heterocycles. The Labute approximate surface area is 108 Å². The van der Waals surface area contributed by atoms with Crippen molar-refractivity contribution < 1.29 is 12.9 Å². The lowest BCUT2D eigenvalue weighted by molar-refractivity contribution is 0.400. The Balaban J connectivity index is 1.98. The minimum Gasteiger partial charge on any atom is -0.360 e. The van der Waals surface area contributed by atoms with Gasteiger partial charge in [-0.25, -0.2) is 13.4 Å². The third-order valence-electron chi connectivity index (χ3n) is 2.57. The molecule has 0 atom stereocenters. The number of fused-ring (bicyclic) bond motifs is 1. The highest BCUT2D eigenvalue weighted by molar-refractivity contribution is 7.92. The predicted molar refractivity (Wildman–Crippen MR) is 68.1 cm³/mol. The highest BCUT2D eigenvalue weighted by Gasteiger charge is 2.17. The Hall–Kier alpha value is -2.35. The molecule has 7 nitrogen and oxygen atoms in total. The van der Waals surface area contributed by atoms with Gasteiger partial charge in [0.05, 0.1) is 22.3 Å².